The van der Waals surface area contributed by atoms with Gasteiger partial charge in [0.15, 0.2) is 5.76 Å². The molecule has 1 unspecified atom stereocenters. The molecule has 0 saturated heterocycles. The van der Waals surface area contributed by atoms with E-state index in [1.807, 2.05) is 38.1 Å². The van der Waals surface area contributed by atoms with Gasteiger partial charge in [0.05, 0.1) is 19.4 Å². The number of furan rings is 1. The monoisotopic (exact) mass is 273 g/mol. The Bertz CT molecular complexity index is 603. The van der Waals surface area contributed by atoms with E-state index in [1.165, 1.54) is 6.26 Å². The normalized spacial score (nSPS) is 12.0. The van der Waals surface area contributed by atoms with Gasteiger partial charge in [0.2, 0.25) is 0 Å². The number of ether oxygens (including phenoxy) is 1. The average Bonchev–Trinajstić information content (AvgIpc) is 2.91. The van der Waals surface area contributed by atoms with Crippen LogP contribution < -0.4 is 4.74 Å². The highest BCUT2D eigenvalue weighted by Crippen LogP contribution is 2.29. The highest BCUT2D eigenvalue weighted by molar-refractivity contribution is 5.93. The van der Waals surface area contributed by atoms with Crippen molar-refractivity contribution in [1.82, 2.24) is 4.90 Å². The fourth-order valence-electron chi connectivity index (χ4n) is 2.15. The van der Waals surface area contributed by atoms with E-state index >= 15 is 0 Å². The van der Waals surface area contributed by atoms with Gasteiger partial charge in [-0.2, -0.15) is 0 Å². The number of aryl methyl sites for hydroxylation is 1. The second-order valence-electron chi connectivity index (χ2n) is 4.77. The summed E-state index contributed by atoms with van der Waals surface area (Å²) in [6.07, 6.45) is 1.53. The molecule has 0 aliphatic rings. The molecule has 1 atom stereocenters. The summed E-state index contributed by atoms with van der Waals surface area (Å²) in [4.78, 5) is 14.1. The zero-order valence-electron chi connectivity index (χ0n) is 12.2. The molecule has 106 valence electrons. The summed E-state index contributed by atoms with van der Waals surface area (Å²) in [5.41, 5.74) is 1.81. The van der Waals surface area contributed by atoms with Crippen molar-refractivity contribution < 1.29 is 13.9 Å². The second-order valence-corrected chi connectivity index (χ2v) is 4.77. The number of methoxy groups -OCH3 is 1. The zero-order valence-corrected chi connectivity index (χ0v) is 12.2. The molecule has 0 N–H and O–H groups in total. The van der Waals surface area contributed by atoms with Crippen LogP contribution in [0.4, 0.5) is 0 Å². The molecule has 0 aliphatic carbocycles. The number of carbonyl (C=O) groups excluding carboxylic acids is 1. The van der Waals surface area contributed by atoms with E-state index in [-0.39, 0.29) is 11.9 Å². The molecule has 0 radical (unpaired) electrons. The largest absolute Gasteiger partial charge is 0.496 e. The zero-order chi connectivity index (χ0) is 14.7. The predicted octanol–water partition coefficient (Wildman–Crippen LogP) is 3.43. The maximum Gasteiger partial charge on any atom is 0.290 e. The molecule has 0 fully saturated rings. The maximum atomic E-state index is 12.4. The topological polar surface area (TPSA) is 42.7 Å². The third-order valence-corrected chi connectivity index (χ3v) is 3.55. The summed E-state index contributed by atoms with van der Waals surface area (Å²) in [5.74, 6) is 1.02. The minimum atomic E-state index is -0.133. The van der Waals surface area contributed by atoms with Crippen molar-refractivity contribution in [2.24, 2.45) is 0 Å². The fraction of sp³-hybridized carbons (Fsp3) is 0.312. The lowest BCUT2D eigenvalue weighted by atomic mass is 10.1. The van der Waals surface area contributed by atoms with Gasteiger partial charge in [0, 0.05) is 18.2 Å². The molecular formula is C16H19NO3. The number of carbonyl (C=O) groups is 1. The highest BCUT2D eigenvalue weighted by atomic mass is 16.5. The van der Waals surface area contributed by atoms with Crippen LogP contribution in [0.2, 0.25) is 0 Å². The first-order valence-corrected chi connectivity index (χ1v) is 6.50. The first kappa shape index (κ1) is 14.2. The smallest absolute Gasteiger partial charge is 0.290 e. The highest BCUT2D eigenvalue weighted by Gasteiger charge is 2.24. The van der Waals surface area contributed by atoms with E-state index < -0.39 is 0 Å². The van der Waals surface area contributed by atoms with E-state index in [0.717, 1.165) is 16.9 Å². The molecule has 4 heteroatoms. The van der Waals surface area contributed by atoms with Gasteiger partial charge < -0.3 is 14.1 Å². The average molecular weight is 273 g/mol. The number of amides is 1. The lowest BCUT2D eigenvalue weighted by Gasteiger charge is -2.26. The Morgan fingerprint density at radius 2 is 2.00 bits per heavy atom. The van der Waals surface area contributed by atoms with Gasteiger partial charge in [0.25, 0.3) is 5.91 Å². The molecular weight excluding hydrogens is 254 g/mol. The lowest BCUT2D eigenvalue weighted by Crippen LogP contribution is -2.30. The number of para-hydroxylation sites is 1. The molecule has 0 saturated carbocycles. The van der Waals surface area contributed by atoms with Crippen molar-refractivity contribution in [3.8, 4) is 5.75 Å². The Kier molecular flexibility index (Phi) is 4.13. The van der Waals surface area contributed by atoms with Gasteiger partial charge in [0.1, 0.15) is 5.75 Å². The molecule has 0 aliphatic heterocycles. The first-order valence-electron chi connectivity index (χ1n) is 6.50. The maximum absolute atomic E-state index is 12.4. The number of benzene rings is 1. The van der Waals surface area contributed by atoms with Crippen LogP contribution in [0.15, 0.2) is 41.0 Å². The van der Waals surface area contributed by atoms with Crippen molar-refractivity contribution in [3.05, 3.63) is 53.5 Å². The van der Waals surface area contributed by atoms with Crippen LogP contribution >= 0.6 is 0 Å². The number of hydrogen-bond acceptors (Lipinski definition) is 3. The third-order valence-electron chi connectivity index (χ3n) is 3.55. The summed E-state index contributed by atoms with van der Waals surface area (Å²) < 4.78 is 10.6. The Balaban J connectivity index is 2.27. The molecule has 1 aromatic carbocycles. The van der Waals surface area contributed by atoms with Crippen molar-refractivity contribution in [1.29, 1.82) is 0 Å². The Morgan fingerprint density at radius 1 is 1.30 bits per heavy atom. The Hall–Kier alpha value is -2.23. The summed E-state index contributed by atoms with van der Waals surface area (Å²) in [7, 11) is 3.39. The van der Waals surface area contributed by atoms with E-state index in [4.69, 9.17) is 9.15 Å². The molecule has 2 aromatic rings. The van der Waals surface area contributed by atoms with Crippen LogP contribution in [-0.4, -0.2) is 25.0 Å². The van der Waals surface area contributed by atoms with Gasteiger partial charge in [-0.15, -0.1) is 0 Å². The van der Waals surface area contributed by atoms with Crippen molar-refractivity contribution in [2.45, 2.75) is 19.9 Å². The lowest BCUT2D eigenvalue weighted by molar-refractivity contribution is 0.0708. The van der Waals surface area contributed by atoms with Crippen LogP contribution in [-0.2, 0) is 0 Å². The minimum absolute atomic E-state index is 0.108. The standard InChI is InChI=1S/C16H19NO3/c1-11-9-10-20-15(11)16(18)17(3)12(2)13-7-5-6-8-14(13)19-4/h5-10,12H,1-4H3. The van der Waals surface area contributed by atoms with E-state index in [1.54, 1.807) is 25.1 Å². The van der Waals surface area contributed by atoms with Crippen LogP contribution in [0.25, 0.3) is 0 Å². The van der Waals surface area contributed by atoms with Crippen LogP contribution in [0.5, 0.6) is 5.75 Å². The van der Waals surface area contributed by atoms with Gasteiger partial charge >= 0.3 is 0 Å². The Morgan fingerprint density at radius 3 is 2.60 bits per heavy atom. The van der Waals surface area contributed by atoms with Gasteiger partial charge in [-0.05, 0) is 26.0 Å². The van der Waals surface area contributed by atoms with Crippen molar-refractivity contribution in [3.63, 3.8) is 0 Å². The van der Waals surface area contributed by atoms with Crippen LogP contribution in [0.1, 0.15) is 34.6 Å². The quantitative estimate of drug-likeness (QED) is 0.857. The number of nitrogens with zero attached hydrogens (tertiary/aromatic N) is 1. The molecule has 4 nitrogen and oxygen atoms in total. The predicted molar refractivity (Wildman–Crippen MR) is 76.9 cm³/mol. The molecule has 1 aromatic heterocycles. The molecule has 1 heterocycles. The Labute approximate surface area is 119 Å². The van der Waals surface area contributed by atoms with E-state index in [2.05, 4.69) is 0 Å². The third kappa shape index (κ3) is 2.54. The first-order chi connectivity index (χ1) is 9.56. The van der Waals surface area contributed by atoms with Crippen molar-refractivity contribution in [2.75, 3.05) is 14.2 Å². The van der Waals surface area contributed by atoms with Crippen molar-refractivity contribution >= 4 is 5.91 Å². The van der Waals surface area contributed by atoms with E-state index in [9.17, 15) is 4.79 Å². The number of hydrogen-bond donors (Lipinski definition) is 0. The van der Waals surface area contributed by atoms with Gasteiger partial charge in [-0.1, -0.05) is 18.2 Å². The van der Waals surface area contributed by atoms with Gasteiger partial charge in [-0.3, -0.25) is 4.79 Å². The summed E-state index contributed by atoms with van der Waals surface area (Å²) in [6.45, 7) is 3.83. The summed E-state index contributed by atoms with van der Waals surface area (Å²) in [6, 6.07) is 9.38. The fourth-order valence-corrected chi connectivity index (χ4v) is 2.15. The summed E-state index contributed by atoms with van der Waals surface area (Å²) >= 11 is 0. The molecule has 2 rings (SSSR count). The molecule has 0 spiro atoms. The van der Waals surface area contributed by atoms with Crippen LogP contribution in [0.3, 0.4) is 0 Å². The summed E-state index contributed by atoms with van der Waals surface area (Å²) in [5, 5.41) is 0. The second kappa shape index (κ2) is 5.82. The van der Waals surface area contributed by atoms with Gasteiger partial charge in [-0.25, -0.2) is 0 Å². The van der Waals surface area contributed by atoms with E-state index in [0.29, 0.717) is 5.76 Å². The minimum Gasteiger partial charge on any atom is -0.496 e. The molecule has 0 bridgehead atoms. The molecule has 1 amide bonds. The van der Waals surface area contributed by atoms with Crippen LogP contribution in [0, 0.1) is 6.92 Å². The number of rotatable bonds is 4. The SMILES string of the molecule is COc1ccccc1C(C)N(C)C(=O)c1occc1C. The molecule has 20 heavy (non-hydrogen) atoms.